The van der Waals surface area contributed by atoms with Gasteiger partial charge in [-0.25, -0.2) is 4.98 Å². The molecule has 130 valence electrons. The summed E-state index contributed by atoms with van der Waals surface area (Å²) in [6, 6.07) is 6.19. The van der Waals surface area contributed by atoms with Crippen molar-refractivity contribution in [2.75, 3.05) is 24.3 Å². The molecule has 5 heteroatoms. The van der Waals surface area contributed by atoms with Gasteiger partial charge >= 0.3 is 0 Å². The van der Waals surface area contributed by atoms with E-state index in [0.29, 0.717) is 11.0 Å². The Morgan fingerprint density at radius 2 is 2.08 bits per heavy atom. The Balaban J connectivity index is 1.75. The standard InChI is InChI=1S/C19H27N3OS/c1-12-8-13(11-19(2,3)10-12)17(23)21-18-20-15-7-6-14(22(4)5)9-16(15)24-18/h6-7,9,12-13H,8,10-11H2,1-5H3,(H,20,21,23). The van der Waals surface area contributed by atoms with Crippen LogP contribution in [-0.4, -0.2) is 25.0 Å². The van der Waals surface area contributed by atoms with E-state index in [2.05, 4.69) is 48.1 Å². The summed E-state index contributed by atoms with van der Waals surface area (Å²) >= 11 is 1.55. The number of fused-ring (bicyclic) bond motifs is 1. The van der Waals surface area contributed by atoms with E-state index in [9.17, 15) is 4.79 Å². The van der Waals surface area contributed by atoms with Gasteiger partial charge in [-0.1, -0.05) is 32.1 Å². The Morgan fingerprint density at radius 1 is 1.33 bits per heavy atom. The molecule has 1 fully saturated rings. The van der Waals surface area contributed by atoms with Gasteiger partial charge < -0.3 is 10.2 Å². The molecule has 0 aliphatic heterocycles. The van der Waals surface area contributed by atoms with E-state index in [-0.39, 0.29) is 17.2 Å². The first-order valence-electron chi connectivity index (χ1n) is 8.62. The molecule has 1 aromatic carbocycles. The molecule has 3 rings (SSSR count). The molecule has 24 heavy (non-hydrogen) atoms. The highest BCUT2D eigenvalue weighted by atomic mass is 32.1. The summed E-state index contributed by atoms with van der Waals surface area (Å²) < 4.78 is 1.11. The van der Waals surface area contributed by atoms with Gasteiger partial charge in [-0.15, -0.1) is 0 Å². The minimum atomic E-state index is 0.0908. The van der Waals surface area contributed by atoms with E-state index in [1.807, 2.05) is 20.2 Å². The zero-order valence-electron chi connectivity index (χ0n) is 15.2. The fourth-order valence-corrected chi connectivity index (χ4v) is 4.90. The van der Waals surface area contributed by atoms with Gasteiger partial charge in [-0.05, 0) is 48.8 Å². The predicted octanol–water partition coefficient (Wildman–Crippen LogP) is 4.76. The lowest BCUT2D eigenvalue weighted by Gasteiger charge is -2.38. The molecule has 0 spiro atoms. The van der Waals surface area contributed by atoms with Crippen molar-refractivity contribution in [3.05, 3.63) is 18.2 Å². The molecule has 0 bridgehead atoms. The maximum atomic E-state index is 12.7. The van der Waals surface area contributed by atoms with E-state index in [4.69, 9.17) is 0 Å². The summed E-state index contributed by atoms with van der Waals surface area (Å²) in [5.74, 6) is 0.817. The number of nitrogens with one attached hydrogen (secondary N) is 1. The Hall–Kier alpha value is -1.62. The highest BCUT2D eigenvalue weighted by Crippen LogP contribution is 2.42. The van der Waals surface area contributed by atoms with Crippen LogP contribution < -0.4 is 10.2 Å². The number of rotatable bonds is 3. The average Bonchev–Trinajstić information content (AvgIpc) is 2.86. The normalized spacial score (nSPS) is 23.2. The maximum absolute atomic E-state index is 12.7. The number of thiazole rings is 1. The van der Waals surface area contributed by atoms with Crippen molar-refractivity contribution in [1.82, 2.24) is 4.98 Å². The van der Waals surface area contributed by atoms with Crippen LogP contribution in [0.1, 0.15) is 40.0 Å². The lowest BCUT2D eigenvalue weighted by atomic mass is 9.68. The first-order valence-corrected chi connectivity index (χ1v) is 9.44. The molecule has 1 aliphatic carbocycles. The zero-order valence-corrected chi connectivity index (χ0v) is 16.0. The van der Waals surface area contributed by atoms with Crippen LogP contribution in [0.5, 0.6) is 0 Å². The largest absolute Gasteiger partial charge is 0.378 e. The molecule has 0 radical (unpaired) electrons. The molecule has 4 nitrogen and oxygen atoms in total. The molecule has 1 aliphatic rings. The second-order valence-corrected chi connectivity index (χ2v) is 9.20. The lowest BCUT2D eigenvalue weighted by Crippen LogP contribution is -2.34. The van der Waals surface area contributed by atoms with Crippen LogP contribution in [-0.2, 0) is 4.79 Å². The number of anilines is 2. The molecule has 1 saturated carbocycles. The number of carbonyl (C=O) groups excluding carboxylic acids is 1. The lowest BCUT2D eigenvalue weighted by molar-refractivity contribution is -0.122. The van der Waals surface area contributed by atoms with Gasteiger partial charge in [0.25, 0.3) is 0 Å². The summed E-state index contributed by atoms with van der Waals surface area (Å²) in [5, 5.41) is 3.77. The number of aromatic nitrogens is 1. The molecular weight excluding hydrogens is 318 g/mol. The summed E-state index contributed by atoms with van der Waals surface area (Å²) in [6.07, 6.45) is 3.13. The molecule has 1 N–H and O–H groups in total. The molecule has 1 amide bonds. The fraction of sp³-hybridized carbons (Fsp3) is 0.579. The average molecular weight is 346 g/mol. The van der Waals surface area contributed by atoms with Crippen LogP contribution in [0.25, 0.3) is 10.2 Å². The van der Waals surface area contributed by atoms with Crippen molar-refractivity contribution >= 4 is 38.3 Å². The van der Waals surface area contributed by atoms with Gasteiger partial charge in [-0.3, -0.25) is 4.79 Å². The maximum Gasteiger partial charge on any atom is 0.229 e. The Morgan fingerprint density at radius 3 is 2.75 bits per heavy atom. The Kier molecular flexibility index (Phi) is 4.56. The fourth-order valence-electron chi connectivity index (χ4n) is 4.00. The number of benzene rings is 1. The van der Waals surface area contributed by atoms with Crippen LogP contribution in [0.15, 0.2) is 18.2 Å². The van der Waals surface area contributed by atoms with Crippen LogP contribution >= 0.6 is 11.3 Å². The van der Waals surface area contributed by atoms with Crippen LogP contribution in [0.4, 0.5) is 10.8 Å². The van der Waals surface area contributed by atoms with Gasteiger partial charge in [0.1, 0.15) is 0 Å². The Labute approximate surface area is 148 Å². The van der Waals surface area contributed by atoms with E-state index < -0.39 is 0 Å². The van der Waals surface area contributed by atoms with E-state index in [1.165, 1.54) is 6.42 Å². The van der Waals surface area contributed by atoms with Gasteiger partial charge in [0.05, 0.1) is 10.2 Å². The first-order chi connectivity index (χ1) is 11.2. The van der Waals surface area contributed by atoms with Crippen LogP contribution in [0, 0.1) is 17.3 Å². The first kappa shape index (κ1) is 17.2. The van der Waals surface area contributed by atoms with Gasteiger partial charge in [0.15, 0.2) is 5.13 Å². The number of nitrogens with zero attached hydrogens (tertiary/aromatic N) is 2. The second-order valence-electron chi connectivity index (χ2n) is 8.16. The highest BCUT2D eigenvalue weighted by molar-refractivity contribution is 7.22. The monoisotopic (exact) mass is 345 g/mol. The van der Waals surface area contributed by atoms with E-state index in [1.54, 1.807) is 11.3 Å². The Bertz CT molecular complexity index is 750. The van der Waals surface area contributed by atoms with Crippen molar-refractivity contribution in [2.45, 2.75) is 40.0 Å². The second kappa shape index (κ2) is 6.36. The third-order valence-corrected chi connectivity index (χ3v) is 5.81. The smallest absolute Gasteiger partial charge is 0.229 e. The van der Waals surface area contributed by atoms with Crippen molar-refractivity contribution in [1.29, 1.82) is 0 Å². The minimum absolute atomic E-state index is 0.0908. The molecule has 1 aromatic heterocycles. The van der Waals surface area contributed by atoms with Crippen molar-refractivity contribution in [3.63, 3.8) is 0 Å². The summed E-state index contributed by atoms with van der Waals surface area (Å²) in [4.78, 5) is 19.3. The third kappa shape index (κ3) is 3.72. The summed E-state index contributed by atoms with van der Waals surface area (Å²) in [6.45, 7) is 6.79. The zero-order chi connectivity index (χ0) is 17.5. The molecule has 2 atom stereocenters. The summed E-state index contributed by atoms with van der Waals surface area (Å²) in [7, 11) is 4.05. The van der Waals surface area contributed by atoms with Crippen LogP contribution in [0.2, 0.25) is 0 Å². The van der Waals surface area contributed by atoms with Crippen molar-refractivity contribution in [3.8, 4) is 0 Å². The van der Waals surface area contributed by atoms with E-state index in [0.717, 1.165) is 28.7 Å². The third-order valence-electron chi connectivity index (χ3n) is 4.88. The molecule has 2 unspecified atom stereocenters. The molecule has 2 aromatic rings. The number of carbonyl (C=O) groups is 1. The molecule has 1 heterocycles. The topological polar surface area (TPSA) is 45.2 Å². The molecular formula is C19H27N3OS. The minimum Gasteiger partial charge on any atom is -0.378 e. The van der Waals surface area contributed by atoms with E-state index >= 15 is 0 Å². The van der Waals surface area contributed by atoms with Crippen molar-refractivity contribution < 1.29 is 4.79 Å². The van der Waals surface area contributed by atoms with Gasteiger partial charge in [0.2, 0.25) is 5.91 Å². The highest BCUT2D eigenvalue weighted by Gasteiger charge is 2.35. The number of amides is 1. The predicted molar refractivity (Wildman–Crippen MR) is 103 cm³/mol. The summed E-state index contributed by atoms with van der Waals surface area (Å²) in [5.41, 5.74) is 2.33. The molecule has 0 saturated heterocycles. The van der Waals surface area contributed by atoms with Crippen molar-refractivity contribution in [2.24, 2.45) is 17.3 Å². The quantitative estimate of drug-likeness (QED) is 0.872. The number of hydrogen-bond donors (Lipinski definition) is 1. The SMILES string of the molecule is CC1CC(C(=O)Nc2nc3ccc(N(C)C)cc3s2)CC(C)(C)C1. The van der Waals surface area contributed by atoms with Gasteiger partial charge in [-0.2, -0.15) is 0 Å². The number of hydrogen-bond acceptors (Lipinski definition) is 4. The van der Waals surface area contributed by atoms with Crippen LogP contribution in [0.3, 0.4) is 0 Å². The van der Waals surface area contributed by atoms with Gasteiger partial charge in [0, 0.05) is 25.7 Å².